The van der Waals surface area contributed by atoms with Gasteiger partial charge in [-0.25, -0.2) is 0 Å². The van der Waals surface area contributed by atoms with E-state index in [1.807, 2.05) is 6.92 Å². The second-order valence-electron chi connectivity index (χ2n) is 5.63. The van der Waals surface area contributed by atoms with Gasteiger partial charge in [-0.3, -0.25) is 4.79 Å². The third-order valence-corrected chi connectivity index (χ3v) is 4.06. The number of nitrogens with zero attached hydrogens (tertiary/aromatic N) is 2. The van der Waals surface area contributed by atoms with Crippen LogP contribution in [0.3, 0.4) is 0 Å². The lowest BCUT2D eigenvalue weighted by Gasteiger charge is -2.30. The van der Waals surface area contributed by atoms with Crippen molar-refractivity contribution in [1.82, 2.24) is 20.4 Å². The molecule has 1 aliphatic heterocycles. The monoisotopic (exact) mass is 328 g/mol. The Bertz CT molecular complexity index is 753. The molecule has 0 bridgehead atoms. The first kappa shape index (κ1) is 15.7. The molecule has 3 rings (SSSR count). The van der Waals surface area contributed by atoms with E-state index >= 15 is 0 Å². The summed E-state index contributed by atoms with van der Waals surface area (Å²) in [7, 11) is 0. The van der Waals surface area contributed by atoms with Gasteiger partial charge in [-0.1, -0.05) is 12.1 Å². The van der Waals surface area contributed by atoms with Crippen molar-refractivity contribution in [2.75, 3.05) is 13.1 Å². The van der Waals surface area contributed by atoms with Gasteiger partial charge in [0.1, 0.15) is 0 Å². The summed E-state index contributed by atoms with van der Waals surface area (Å²) in [4.78, 5) is 18.3. The van der Waals surface area contributed by atoms with Gasteiger partial charge in [0.2, 0.25) is 5.82 Å². The van der Waals surface area contributed by atoms with E-state index in [1.165, 1.54) is 12.3 Å². The number of nitrogens with one attached hydrogen (secondary N) is 2. The van der Waals surface area contributed by atoms with E-state index in [1.54, 1.807) is 0 Å². The standard InChI is InChI=1S/C14H15F3N4O2/c1-7-6-18-4-2-8(7)10-9(3-5-19-12(10)22)11-20-13(23-21-11)14(15,16)17/h3,5,7-8,18H,2,4,6H2,1H3,(H,19,22). The molecule has 2 atom stereocenters. The Labute approximate surface area is 129 Å². The molecule has 0 spiro atoms. The van der Waals surface area contributed by atoms with Gasteiger partial charge < -0.3 is 14.8 Å². The third-order valence-electron chi connectivity index (χ3n) is 4.06. The average molecular weight is 328 g/mol. The minimum atomic E-state index is -4.71. The number of pyridine rings is 1. The summed E-state index contributed by atoms with van der Waals surface area (Å²) in [5.41, 5.74) is 0.363. The van der Waals surface area contributed by atoms with Gasteiger partial charge in [0.25, 0.3) is 5.56 Å². The molecule has 2 N–H and O–H groups in total. The lowest BCUT2D eigenvalue weighted by molar-refractivity contribution is -0.159. The molecule has 9 heteroatoms. The highest BCUT2D eigenvalue weighted by atomic mass is 19.4. The van der Waals surface area contributed by atoms with E-state index in [9.17, 15) is 18.0 Å². The fraction of sp³-hybridized carbons (Fsp3) is 0.500. The van der Waals surface area contributed by atoms with Gasteiger partial charge in [0.15, 0.2) is 0 Å². The summed E-state index contributed by atoms with van der Waals surface area (Å²) >= 11 is 0. The van der Waals surface area contributed by atoms with Gasteiger partial charge in [-0.15, -0.1) is 0 Å². The predicted molar refractivity (Wildman–Crippen MR) is 74.7 cm³/mol. The van der Waals surface area contributed by atoms with Crippen LogP contribution in [0.15, 0.2) is 21.6 Å². The normalized spacial score (nSPS) is 22.3. The van der Waals surface area contributed by atoms with Crippen LogP contribution in [0.5, 0.6) is 0 Å². The quantitative estimate of drug-likeness (QED) is 0.882. The van der Waals surface area contributed by atoms with Crippen LogP contribution in [0.25, 0.3) is 11.4 Å². The average Bonchev–Trinajstić information content (AvgIpc) is 2.98. The zero-order chi connectivity index (χ0) is 16.6. The molecule has 0 amide bonds. The van der Waals surface area contributed by atoms with Gasteiger partial charge in [-0.05, 0) is 37.4 Å². The van der Waals surface area contributed by atoms with Crippen LogP contribution in [-0.4, -0.2) is 28.2 Å². The van der Waals surface area contributed by atoms with Gasteiger partial charge >= 0.3 is 12.1 Å². The highest BCUT2D eigenvalue weighted by molar-refractivity contribution is 5.60. The van der Waals surface area contributed by atoms with Crippen molar-refractivity contribution in [1.29, 1.82) is 0 Å². The maximum absolute atomic E-state index is 12.6. The van der Waals surface area contributed by atoms with E-state index in [2.05, 4.69) is 25.0 Å². The first-order valence-electron chi connectivity index (χ1n) is 7.21. The maximum atomic E-state index is 12.6. The maximum Gasteiger partial charge on any atom is 0.471 e. The van der Waals surface area contributed by atoms with Crippen LogP contribution in [0.2, 0.25) is 0 Å². The Morgan fingerprint density at radius 2 is 2.17 bits per heavy atom. The molecule has 3 heterocycles. The van der Waals surface area contributed by atoms with E-state index in [0.717, 1.165) is 13.1 Å². The molecule has 0 aliphatic carbocycles. The van der Waals surface area contributed by atoms with E-state index in [-0.39, 0.29) is 28.8 Å². The number of hydrogen-bond donors (Lipinski definition) is 2. The van der Waals surface area contributed by atoms with E-state index < -0.39 is 12.1 Å². The summed E-state index contributed by atoms with van der Waals surface area (Å²) < 4.78 is 42.2. The summed E-state index contributed by atoms with van der Waals surface area (Å²) in [6.45, 7) is 3.46. The van der Waals surface area contributed by atoms with Crippen LogP contribution in [0, 0.1) is 5.92 Å². The highest BCUT2D eigenvalue weighted by Crippen LogP contribution is 2.35. The minimum absolute atomic E-state index is 0.0796. The first-order valence-corrected chi connectivity index (χ1v) is 7.21. The van der Waals surface area contributed by atoms with Crippen molar-refractivity contribution < 1.29 is 17.7 Å². The SMILES string of the molecule is CC1CNCCC1c1c(-c2noc(C(F)(F)F)n2)cc[nH]c1=O. The van der Waals surface area contributed by atoms with Gasteiger partial charge in [0.05, 0.1) is 0 Å². The fourth-order valence-corrected chi connectivity index (χ4v) is 2.94. The van der Waals surface area contributed by atoms with Crippen molar-refractivity contribution in [2.45, 2.75) is 25.4 Å². The fourth-order valence-electron chi connectivity index (χ4n) is 2.94. The lowest BCUT2D eigenvalue weighted by atomic mass is 9.81. The Balaban J connectivity index is 2.08. The van der Waals surface area contributed by atoms with Gasteiger partial charge in [0, 0.05) is 17.3 Å². The molecule has 1 fully saturated rings. The molecule has 6 nitrogen and oxygen atoms in total. The number of rotatable bonds is 2. The largest absolute Gasteiger partial charge is 0.471 e. The molecule has 1 aliphatic rings. The number of halogens is 3. The topological polar surface area (TPSA) is 83.8 Å². The highest BCUT2D eigenvalue weighted by Gasteiger charge is 2.39. The molecule has 23 heavy (non-hydrogen) atoms. The van der Waals surface area contributed by atoms with Crippen LogP contribution >= 0.6 is 0 Å². The number of alkyl halides is 3. The molecule has 1 saturated heterocycles. The molecular formula is C14H15F3N4O2. The van der Waals surface area contributed by atoms with Crippen molar-refractivity contribution in [3.05, 3.63) is 34.1 Å². The van der Waals surface area contributed by atoms with Crippen molar-refractivity contribution in [3.63, 3.8) is 0 Å². The zero-order valence-corrected chi connectivity index (χ0v) is 12.3. The van der Waals surface area contributed by atoms with E-state index in [0.29, 0.717) is 12.0 Å². The molecule has 2 unspecified atom stereocenters. The third kappa shape index (κ3) is 3.00. The second kappa shape index (κ2) is 5.80. The first-order chi connectivity index (χ1) is 10.9. The van der Waals surface area contributed by atoms with Gasteiger partial charge in [-0.2, -0.15) is 18.2 Å². The number of piperidine rings is 1. The summed E-state index contributed by atoms with van der Waals surface area (Å²) in [5, 5.41) is 6.63. The smallest absolute Gasteiger partial charge is 0.329 e. The molecule has 2 aromatic rings. The molecule has 0 saturated carbocycles. The van der Waals surface area contributed by atoms with Crippen molar-refractivity contribution in [3.8, 4) is 11.4 Å². The Kier molecular flexibility index (Phi) is 3.97. The summed E-state index contributed by atoms with van der Waals surface area (Å²) in [5.74, 6) is -1.55. The van der Waals surface area contributed by atoms with Crippen LogP contribution in [0.1, 0.15) is 30.7 Å². The number of aromatic nitrogens is 3. The number of H-pyrrole nitrogens is 1. The molecular weight excluding hydrogens is 313 g/mol. The molecule has 2 aromatic heterocycles. The Morgan fingerprint density at radius 3 is 2.83 bits per heavy atom. The van der Waals surface area contributed by atoms with E-state index in [4.69, 9.17) is 0 Å². The Hall–Kier alpha value is -2.16. The molecule has 0 aromatic carbocycles. The van der Waals surface area contributed by atoms with Crippen LogP contribution < -0.4 is 10.9 Å². The molecule has 124 valence electrons. The molecule has 0 radical (unpaired) electrons. The lowest BCUT2D eigenvalue weighted by Crippen LogP contribution is -2.36. The van der Waals surface area contributed by atoms with Crippen LogP contribution in [-0.2, 0) is 6.18 Å². The summed E-state index contributed by atoms with van der Waals surface area (Å²) in [6, 6.07) is 1.51. The number of hydrogen-bond acceptors (Lipinski definition) is 5. The van der Waals surface area contributed by atoms with Crippen LogP contribution in [0.4, 0.5) is 13.2 Å². The minimum Gasteiger partial charge on any atom is -0.329 e. The zero-order valence-electron chi connectivity index (χ0n) is 12.3. The number of aromatic amines is 1. The van der Waals surface area contributed by atoms with Crippen molar-refractivity contribution in [2.24, 2.45) is 5.92 Å². The second-order valence-corrected chi connectivity index (χ2v) is 5.63. The van der Waals surface area contributed by atoms with Crippen molar-refractivity contribution >= 4 is 0 Å². The Morgan fingerprint density at radius 1 is 1.39 bits per heavy atom. The summed E-state index contributed by atoms with van der Waals surface area (Å²) in [6.07, 6.45) is -2.63. The predicted octanol–water partition coefficient (Wildman–Crippen LogP) is 2.16.